The molecule has 2 saturated heterocycles. The second kappa shape index (κ2) is 13.3. The number of benzene rings is 2. The Morgan fingerprint density at radius 3 is 2.64 bits per heavy atom. The average Bonchev–Trinajstić information content (AvgIpc) is 3.63. The van der Waals surface area contributed by atoms with Crippen LogP contribution in [0.3, 0.4) is 0 Å². The Hall–Kier alpha value is -3.34. The Bertz CT molecular complexity index is 1520. The van der Waals surface area contributed by atoms with Crippen LogP contribution in [-0.4, -0.2) is 79.0 Å². The van der Waals surface area contributed by atoms with Gasteiger partial charge < -0.3 is 24.2 Å². The lowest BCUT2D eigenvalue weighted by atomic mass is 9.88. The Labute approximate surface area is 259 Å². The van der Waals surface area contributed by atoms with Crippen LogP contribution in [0.4, 0.5) is 14.5 Å². The largest absolute Gasteiger partial charge is 0.463 e. The van der Waals surface area contributed by atoms with E-state index in [2.05, 4.69) is 10.2 Å². The first kappa shape index (κ1) is 30.7. The van der Waals surface area contributed by atoms with Crippen LogP contribution in [-0.2, 0) is 20.7 Å². The molecule has 234 valence electrons. The number of anilines is 1. The number of halogens is 3. The van der Waals surface area contributed by atoms with Crippen molar-refractivity contribution in [2.45, 2.75) is 56.7 Å². The molecule has 0 spiro atoms. The summed E-state index contributed by atoms with van der Waals surface area (Å²) < 4.78 is 40.1. The summed E-state index contributed by atoms with van der Waals surface area (Å²) in [5.41, 5.74) is 1.07. The van der Waals surface area contributed by atoms with E-state index in [-0.39, 0.29) is 65.3 Å². The van der Waals surface area contributed by atoms with E-state index in [9.17, 15) is 18.8 Å². The first-order chi connectivity index (χ1) is 21.3. The fraction of sp³-hybridized carbons (Fsp3) is 0.485. The number of hydrogen-bond donors (Lipinski definition) is 1. The lowest BCUT2D eigenvalue weighted by Gasteiger charge is -2.41. The van der Waals surface area contributed by atoms with Gasteiger partial charge in [0.15, 0.2) is 0 Å². The summed E-state index contributed by atoms with van der Waals surface area (Å²) in [5.74, 6) is -1.27. The van der Waals surface area contributed by atoms with Crippen molar-refractivity contribution in [1.82, 2.24) is 9.80 Å². The molecule has 8 nitrogen and oxygen atoms in total. The van der Waals surface area contributed by atoms with E-state index in [0.29, 0.717) is 49.2 Å². The van der Waals surface area contributed by atoms with Gasteiger partial charge >= 0.3 is 0 Å². The van der Waals surface area contributed by atoms with Crippen molar-refractivity contribution in [3.63, 3.8) is 0 Å². The molecule has 3 aromatic rings. The van der Waals surface area contributed by atoms with Crippen LogP contribution in [0.15, 0.2) is 47.1 Å². The Kier molecular flexibility index (Phi) is 9.30. The molecule has 11 heteroatoms. The maximum absolute atomic E-state index is 15.3. The number of hydrogen-bond acceptors (Lipinski definition) is 6. The monoisotopic (exact) mass is 627 g/mol. The third-order valence-corrected chi connectivity index (χ3v) is 9.63. The van der Waals surface area contributed by atoms with Crippen LogP contribution in [0.2, 0.25) is 5.02 Å². The van der Waals surface area contributed by atoms with Gasteiger partial charge in [0.1, 0.15) is 23.9 Å². The zero-order chi connectivity index (χ0) is 30.8. The molecule has 3 fully saturated rings. The van der Waals surface area contributed by atoms with Gasteiger partial charge in [-0.3, -0.25) is 18.9 Å². The van der Waals surface area contributed by atoms with Gasteiger partial charge in [0.25, 0.3) is 5.91 Å². The topological polar surface area (TPSA) is 92.1 Å². The summed E-state index contributed by atoms with van der Waals surface area (Å²) >= 11 is 6.46. The standard InChI is InChI=1S/C33H36ClF2N3O5/c34-28-9-22(29(36)12-30(28)37-33(42)27-19-44-31-4-2-1-3-26(27)31)10-32(41)39-16-23(38-14-21(13-35)15-38)11-24(39)18-43-25-7-5-20(17-40)6-8-25/h1-4,9,12,17,19-21,23-25H,5-8,10-11,13-16,18H2,(H,37,42)/t20?,23-,24-,25?/m0/s1. The molecule has 6 rings (SSSR count). The molecule has 2 aliphatic heterocycles. The second-order valence-electron chi connectivity index (χ2n) is 12.3. The van der Waals surface area contributed by atoms with E-state index in [1.54, 1.807) is 29.2 Å². The molecule has 0 unspecified atom stereocenters. The number of rotatable bonds is 10. The van der Waals surface area contributed by atoms with Crippen molar-refractivity contribution in [3.05, 3.63) is 64.6 Å². The molecule has 0 bridgehead atoms. The fourth-order valence-electron chi connectivity index (χ4n) is 6.69. The van der Waals surface area contributed by atoms with Crippen molar-refractivity contribution >= 4 is 46.4 Å². The number of likely N-dealkylation sites (tertiary alicyclic amines) is 2. The highest BCUT2D eigenvalue weighted by molar-refractivity contribution is 6.34. The number of para-hydroxylation sites is 1. The van der Waals surface area contributed by atoms with Gasteiger partial charge in [0.2, 0.25) is 5.91 Å². The van der Waals surface area contributed by atoms with Gasteiger partial charge in [-0.2, -0.15) is 0 Å². The van der Waals surface area contributed by atoms with Gasteiger partial charge in [-0.1, -0.05) is 29.8 Å². The molecular weight excluding hydrogens is 592 g/mol. The van der Waals surface area contributed by atoms with Crippen LogP contribution < -0.4 is 5.32 Å². The molecule has 2 atom stereocenters. The SMILES string of the molecule is O=CC1CCC(OC[C@@H]2C[C@H](N3CC(CF)C3)CN2C(=O)Cc2cc(Cl)c(NC(=O)c3coc4ccccc34)cc2F)CC1. The summed E-state index contributed by atoms with van der Waals surface area (Å²) in [6, 6.07) is 9.49. The number of ether oxygens (including phenoxy) is 1. The van der Waals surface area contributed by atoms with Crippen LogP contribution in [0.5, 0.6) is 0 Å². The van der Waals surface area contributed by atoms with Crippen molar-refractivity contribution in [3.8, 4) is 0 Å². The maximum atomic E-state index is 15.3. The molecule has 44 heavy (non-hydrogen) atoms. The summed E-state index contributed by atoms with van der Waals surface area (Å²) in [4.78, 5) is 41.6. The lowest BCUT2D eigenvalue weighted by molar-refractivity contribution is -0.133. The van der Waals surface area contributed by atoms with E-state index in [1.807, 2.05) is 0 Å². The van der Waals surface area contributed by atoms with E-state index >= 15 is 4.39 Å². The minimum Gasteiger partial charge on any atom is -0.463 e. The molecule has 1 aliphatic carbocycles. The van der Waals surface area contributed by atoms with Gasteiger partial charge in [-0.15, -0.1) is 0 Å². The third kappa shape index (κ3) is 6.53. The Balaban J connectivity index is 1.12. The molecule has 1 N–H and O–H groups in total. The summed E-state index contributed by atoms with van der Waals surface area (Å²) in [6.45, 7) is 1.80. The highest BCUT2D eigenvalue weighted by atomic mass is 35.5. The van der Waals surface area contributed by atoms with Crippen molar-refractivity contribution in [2.24, 2.45) is 11.8 Å². The minimum absolute atomic E-state index is 0.0323. The van der Waals surface area contributed by atoms with Gasteiger partial charge in [0.05, 0.1) is 48.1 Å². The quantitative estimate of drug-likeness (QED) is 0.292. The fourth-order valence-corrected chi connectivity index (χ4v) is 6.92. The Morgan fingerprint density at radius 1 is 1.11 bits per heavy atom. The molecule has 3 aliphatic rings. The predicted octanol–water partition coefficient (Wildman–Crippen LogP) is 5.67. The maximum Gasteiger partial charge on any atom is 0.259 e. The van der Waals surface area contributed by atoms with Gasteiger partial charge in [0, 0.05) is 42.9 Å². The molecule has 3 heterocycles. The van der Waals surface area contributed by atoms with E-state index in [0.717, 1.165) is 38.0 Å². The van der Waals surface area contributed by atoms with Crippen molar-refractivity contribution in [1.29, 1.82) is 0 Å². The normalized spacial score (nSPS) is 24.4. The van der Waals surface area contributed by atoms with Gasteiger partial charge in [-0.05, 0) is 55.9 Å². The number of carbonyl (C=O) groups excluding carboxylic acids is 3. The summed E-state index contributed by atoms with van der Waals surface area (Å²) in [5, 5.41) is 3.38. The van der Waals surface area contributed by atoms with Gasteiger partial charge in [-0.25, -0.2) is 4.39 Å². The van der Waals surface area contributed by atoms with Crippen LogP contribution >= 0.6 is 11.6 Å². The highest BCUT2D eigenvalue weighted by Crippen LogP contribution is 2.32. The van der Waals surface area contributed by atoms with Crippen molar-refractivity contribution < 1.29 is 32.3 Å². The predicted molar refractivity (Wildman–Crippen MR) is 162 cm³/mol. The molecule has 2 aromatic carbocycles. The zero-order valence-electron chi connectivity index (χ0n) is 24.4. The summed E-state index contributed by atoms with van der Waals surface area (Å²) in [6.07, 6.45) is 6.12. The number of nitrogens with zero attached hydrogens (tertiary/aromatic N) is 2. The molecular formula is C33H36ClF2N3O5. The van der Waals surface area contributed by atoms with E-state index in [4.69, 9.17) is 20.8 Å². The third-order valence-electron chi connectivity index (χ3n) is 9.32. The molecule has 1 aromatic heterocycles. The minimum atomic E-state index is -0.654. The Morgan fingerprint density at radius 2 is 1.89 bits per heavy atom. The summed E-state index contributed by atoms with van der Waals surface area (Å²) in [7, 11) is 0. The average molecular weight is 628 g/mol. The number of alkyl halides is 1. The molecule has 2 amide bonds. The second-order valence-corrected chi connectivity index (χ2v) is 12.7. The van der Waals surface area contributed by atoms with Crippen molar-refractivity contribution in [2.75, 3.05) is 38.2 Å². The first-order valence-corrected chi connectivity index (χ1v) is 15.6. The molecule has 0 radical (unpaired) electrons. The zero-order valence-corrected chi connectivity index (χ0v) is 25.1. The highest BCUT2D eigenvalue weighted by Gasteiger charge is 2.42. The van der Waals surface area contributed by atoms with E-state index < -0.39 is 11.7 Å². The van der Waals surface area contributed by atoms with Crippen LogP contribution in [0, 0.1) is 17.7 Å². The number of amides is 2. The van der Waals surface area contributed by atoms with Crippen LogP contribution in [0.25, 0.3) is 11.0 Å². The number of furan rings is 1. The number of carbonyl (C=O) groups is 3. The lowest BCUT2D eigenvalue weighted by Crippen LogP contribution is -2.53. The number of fused-ring (bicyclic) bond motifs is 1. The van der Waals surface area contributed by atoms with Crippen LogP contribution in [0.1, 0.15) is 48.0 Å². The van der Waals surface area contributed by atoms with E-state index in [1.165, 1.54) is 12.3 Å². The smallest absolute Gasteiger partial charge is 0.259 e. The first-order valence-electron chi connectivity index (χ1n) is 15.2. The molecule has 1 saturated carbocycles. The number of nitrogens with one attached hydrogen (secondary N) is 1. The number of aldehydes is 1.